The fourth-order valence-corrected chi connectivity index (χ4v) is 3.23. The van der Waals surface area contributed by atoms with E-state index in [1.807, 2.05) is 36.4 Å². The molecule has 3 aromatic carbocycles. The van der Waals surface area contributed by atoms with Gasteiger partial charge < -0.3 is 9.30 Å². The van der Waals surface area contributed by atoms with E-state index in [0.29, 0.717) is 5.39 Å². The molecule has 0 atom stereocenters. The van der Waals surface area contributed by atoms with Gasteiger partial charge in [0.15, 0.2) is 0 Å². The van der Waals surface area contributed by atoms with Crippen molar-refractivity contribution in [2.75, 3.05) is 7.11 Å². The average Bonchev–Trinajstić information content (AvgIpc) is 2.66. The van der Waals surface area contributed by atoms with Gasteiger partial charge in [0.1, 0.15) is 5.75 Å². The van der Waals surface area contributed by atoms with E-state index in [4.69, 9.17) is 4.74 Å². The Morgan fingerprint density at radius 2 is 1.72 bits per heavy atom. The van der Waals surface area contributed by atoms with E-state index >= 15 is 0 Å². The molecule has 0 fully saturated rings. The number of hydrogen-bond donors (Lipinski definition) is 0. The topological polar surface area (TPSA) is 44.1 Å². The third-order valence-corrected chi connectivity index (χ3v) is 4.57. The number of aromatic nitrogens is 2. The zero-order chi connectivity index (χ0) is 17.4. The lowest BCUT2D eigenvalue weighted by Gasteiger charge is -2.11. The first-order valence-electron chi connectivity index (χ1n) is 8.16. The Bertz CT molecular complexity index is 1130. The van der Waals surface area contributed by atoms with E-state index in [0.717, 1.165) is 34.0 Å². The van der Waals surface area contributed by atoms with Gasteiger partial charge in [-0.3, -0.25) is 4.79 Å². The van der Waals surface area contributed by atoms with E-state index in [1.165, 1.54) is 10.1 Å². The summed E-state index contributed by atoms with van der Waals surface area (Å²) in [4.78, 5) is 17.1. The van der Waals surface area contributed by atoms with E-state index in [-0.39, 0.29) is 5.56 Å². The average molecular weight is 330 g/mol. The highest BCUT2D eigenvalue weighted by molar-refractivity contribution is 6.06. The minimum Gasteiger partial charge on any atom is -0.497 e. The van der Waals surface area contributed by atoms with E-state index in [2.05, 4.69) is 23.2 Å². The number of rotatable bonds is 3. The lowest BCUT2D eigenvalue weighted by atomic mass is 9.96. The van der Waals surface area contributed by atoms with Crippen LogP contribution in [0.4, 0.5) is 0 Å². The summed E-state index contributed by atoms with van der Waals surface area (Å²) in [6, 6.07) is 18.1. The summed E-state index contributed by atoms with van der Waals surface area (Å²) in [6.45, 7) is 0. The van der Waals surface area contributed by atoms with E-state index < -0.39 is 0 Å². The number of methoxy groups -OCH3 is 1. The first-order valence-corrected chi connectivity index (χ1v) is 8.16. The zero-order valence-electron chi connectivity index (χ0n) is 14.2. The van der Waals surface area contributed by atoms with Gasteiger partial charge >= 0.3 is 0 Å². The van der Waals surface area contributed by atoms with Crippen LogP contribution in [-0.2, 0) is 13.5 Å². The molecule has 0 amide bonds. The molecule has 0 aliphatic rings. The predicted molar refractivity (Wildman–Crippen MR) is 100 cm³/mol. The van der Waals surface area contributed by atoms with Crippen LogP contribution in [-0.4, -0.2) is 16.7 Å². The highest BCUT2D eigenvalue weighted by atomic mass is 16.5. The van der Waals surface area contributed by atoms with Gasteiger partial charge in [0.25, 0.3) is 5.56 Å². The molecule has 0 bridgehead atoms. The number of fused-ring (bicyclic) bond motifs is 3. The highest BCUT2D eigenvalue weighted by Crippen LogP contribution is 2.27. The molecule has 0 saturated carbocycles. The fraction of sp³-hybridized carbons (Fsp3) is 0.143. The number of hydrogen-bond acceptors (Lipinski definition) is 3. The van der Waals surface area contributed by atoms with Crippen molar-refractivity contribution in [1.29, 1.82) is 0 Å². The minimum atomic E-state index is -0.0215. The zero-order valence-corrected chi connectivity index (χ0v) is 14.2. The van der Waals surface area contributed by atoms with Crippen molar-refractivity contribution in [3.8, 4) is 5.75 Å². The summed E-state index contributed by atoms with van der Waals surface area (Å²) in [7, 11) is 3.39. The SMILES string of the molecule is COc1ccc(Cc2cc3c(=O)n(C)cnc3c3ccccc23)cc1. The van der Waals surface area contributed by atoms with Crippen LogP contribution in [0.3, 0.4) is 0 Å². The van der Waals surface area contributed by atoms with Crippen LogP contribution in [0.1, 0.15) is 11.1 Å². The minimum absolute atomic E-state index is 0.0215. The molecular weight excluding hydrogens is 312 g/mol. The second-order valence-corrected chi connectivity index (χ2v) is 6.16. The van der Waals surface area contributed by atoms with Crippen LogP contribution < -0.4 is 10.3 Å². The van der Waals surface area contributed by atoms with Gasteiger partial charge in [-0.15, -0.1) is 0 Å². The second kappa shape index (κ2) is 6.06. The Balaban J connectivity index is 1.94. The van der Waals surface area contributed by atoms with Crippen molar-refractivity contribution in [1.82, 2.24) is 9.55 Å². The highest BCUT2D eigenvalue weighted by Gasteiger charge is 2.11. The molecule has 0 spiro atoms. The van der Waals surface area contributed by atoms with Gasteiger partial charge in [0.05, 0.1) is 24.3 Å². The largest absolute Gasteiger partial charge is 0.497 e. The third-order valence-electron chi connectivity index (χ3n) is 4.57. The number of aryl methyl sites for hydroxylation is 1. The summed E-state index contributed by atoms with van der Waals surface area (Å²) in [5.74, 6) is 0.838. The summed E-state index contributed by atoms with van der Waals surface area (Å²) in [5.41, 5.74) is 3.04. The predicted octanol–water partition coefficient (Wildman–Crippen LogP) is 3.69. The number of benzene rings is 3. The fourth-order valence-electron chi connectivity index (χ4n) is 3.23. The van der Waals surface area contributed by atoms with Gasteiger partial charge in [-0.05, 0) is 41.1 Å². The van der Waals surface area contributed by atoms with Crippen LogP contribution >= 0.6 is 0 Å². The van der Waals surface area contributed by atoms with Crippen LogP contribution in [0, 0.1) is 0 Å². The standard InChI is InChI=1S/C21H18N2O2/c1-23-13-22-20-18-6-4-3-5-17(18)15(12-19(20)21(23)24)11-14-7-9-16(25-2)10-8-14/h3-10,12-13H,11H2,1-2H3. The van der Waals surface area contributed by atoms with Crippen molar-refractivity contribution in [3.63, 3.8) is 0 Å². The molecule has 4 rings (SSSR count). The monoisotopic (exact) mass is 330 g/mol. The van der Waals surface area contributed by atoms with Gasteiger partial charge in [0.2, 0.25) is 0 Å². The van der Waals surface area contributed by atoms with Gasteiger partial charge in [0, 0.05) is 12.4 Å². The number of ether oxygens (including phenoxy) is 1. The van der Waals surface area contributed by atoms with Crippen molar-refractivity contribution in [2.24, 2.45) is 7.05 Å². The third kappa shape index (κ3) is 2.66. The van der Waals surface area contributed by atoms with Crippen LogP contribution in [0.2, 0.25) is 0 Å². The Morgan fingerprint density at radius 3 is 2.44 bits per heavy atom. The van der Waals surface area contributed by atoms with E-state index in [1.54, 1.807) is 20.5 Å². The van der Waals surface area contributed by atoms with E-state index in [9.17, 15) is 4.79 Å². The second-order valence-electron chi connectivity index (χ2n) is 6.16. The summed E-state index contributed by atoms with van der Waals surface area (Å²) in [5, 5.41) is 2.81. The molecule has 0 aliphatic carbocycles. The Labute approximate surface area is 145 Å². The summed E-state index contributed by atoms with van der Waals surface area (Å²) in [6.07, 6.45) is 2.33. The Hall–Kier alpha value is -3.14. The molecule has 4 heteroatoms. The molecule has 1 aromatic heterocycles. The smallest absolute Gasteiger partial charge is 0.260 e. The summed E-state index contributed by atoms with van der Waals surface area (Å²) >= 11 is 0. The van der Waals surface area contributed by atoms with Gasteiger partial charge in [-0.1, -0.05) is 36.4 Å². The molecule has 0 radical (unpaired) electrons. The molecule has 1 heterocycles. The molecule has 0 aliphatic heterocycles. The van der Waals surface area contributed by atoms with Gasteiger partial charge in [-0.25, -0.2) is 4.98 Å². The van der Waals surface area contributed by atoms with Crippen molar-refractivity contribution in [3.05, 3.63) is 82.4 Å². The maximum absolute atomic E-state index is 12.6. The molecule has 4 aromatic rings. The maximum Gasteiger partial charge on any atom is 0.260 e. The Kier molecular flexibility index (Phi) is 3.73. The molecule has 0 saturated heterocycles. The Morgan fingerprint density at radius 1 is 1.00 bits per heavy atom. The van der Waals surface area contributed by atoms with Crippen molar-refractivity contribution >= 4 is 21.7 Å². The quantitative estimate of drug-likeness (QED) is 0.538. The first-order chi connectivity index (χ1) is 12.2. The first kappa shape index (κ1) is 15.4. The lowest BCUT2D eigenvalue weighted by Crippen LogP contribution is -2.17. The normalized spacial score (nSPS) is 11.1. The molecule has 0 N–H and O–H groups in total. The van der Waals surface area contributed by atoms with Crippen molar-refractivity contribution < 1.29 is 4.74 Å². The number of nitrogens with zero attached hydrogens (tertiary/aromatic N) is 2. The summed E-state index contributed by atoms with van der Waals surface area (Å²) < 4.78 is 6.75. The van der Waals surface area contributed by atoms with Crippen LogP contribution in [0.5, 0.6) is 5.75 Å². The lowest BCUT2D eigenvalue weighted by molar-refractivity contribution is 0.414. The molecule has 124 valence electrons. The van der Waals surface area contributed by atoms with Gasteiger partial charge in [-0.2, -0.15) is 0 Å². The molecular formula is C21H18N2O2. The van der Waals surface area contributed by atoms with Crippen LogP contribution in [0.15, 0.2) is 65.7 Å². The molecule has 25 heavy (non-hydrogen) atoms. The van der Waals surface area contributed by atoms with Crippen LogP contribution in [0.25, 0.3) is 21.7 Å². The molecule has 4 nitrogen and oxygen atoms in total. The molecule has 0 unspecified atom stereocenters. The van der Waals surface area contributed by atoms with Crippen molar-refractivity contribution in [2.45, 2.75) is 6.42 Å². The maximum atomic E-state index is 12.6.